The third-order valence-electron chi connectivity index (χ3n) is 5.74. The van der Waals surface area contributed by atoms with E-state index in [1.807, 2.05) is 6.08 Å². The minimum absolute atomic E-state index is 0.0396. The van der Waals surface area contributed by atoms with Gasteiger partial charge in [-0.15, -0.1) is 0 Å². The van der Waals surface area contributed by atoms with Crippen molar-refractivity contribution >= 4 is 12.0 Å². The van der Waals surface area contributed by atoms with E-state index in [4.69, 9.17) is 4.74 Å². The zero-order chi connectivity index (χ0) is 21.1. The fraction of sp³-hybridized carbons (Fsp3) is 0.600. The molecule has 2 heterocycles. The molecule has 0 aromatic heterocycles. The molecule has 2 aliphatic heterocycles. The molecule has 29 heavy (non-hydrogen) atoms. The first-order valence-corrected chi connectivity index (χ1v) is 9.91. The van der Waals surface area contributed by atoms with E-state index in [1.165, 1.54) is 4.90 Å². The number of hydrogen-bond donors (Lipinski definition) is 1. The van der Waals surface area contributed by atoms with E-state index in [2.05, 4.69) is 10.2 Å². The number of halogens is 3. The van der Waals surface area contributed by atoms with Gasteiger partial charge in [-0.2, -0.15) is 13.2 Å². The van der Waals surface area contributed by atoms with Crippen molar-refractivity contribution in [3.8, 4) is 0 Å². The van der Waals surface area contributed by atoms with Crippen LogP contribution in [0.3, 0.4) is 0 Å². The van der Waals surface area contributed by atoms with E-state index in [-0.39, 0.29) is 19.4 Å². The lowest BCUT2D eigenvalue weighted by molar-refractivity contribution is -0.220. The van der Waals surface area contributed by atoms with Crippen LogP contribution in [0.2, 0.25) is 0 Å². The second-order valence-corrected chi connectivity index (χ2v) is 7.54. The zero-order valence-electron chi connectivity index (χ0n) is 16.4. The van der Waals surface area contributed by atoms with Gasteiger partial charge in [0.25, 0.3) is 0 Å². The van der Waals surface area contributed by atoms with Crippen LogP contribution >= 0.6 is 0 Å². The van der Waals surface area contributed by atoms with Crippen LogP contribution in [-0.4, -0.2) is 53.2 Å². The Balaban J connectivity index is 1.54. The number of nitrogens with one attached hydrogen (secondary N) is 1. The number of likely N-dealkylation sites (tertiary alicyclic amines) is 1. The molecule has 160 valence electrons. The van der Waals surface area contributed by atoms with E-state index < -0.39 is 29.6 Å². The summed E-state index contributed by atoms with van der Waals surface area (Å²) in [5, 5.41) is 2.29. The van der Waals surface area contributed by atoms with Gasteiger partial charge in [-0.05, 0) is 57.3 Å². The van der Waals surface area contributed by atoms with E-state index in [0.29, 0.717) is 32.4 Å². The molecule has 1 saturated carbocycles. The Morgan fingerprint density at radius 3 is 2.48 bits per heavy atom. The van der Waals surface area contributed by atoms with Crippen molar-refractivity contribution in [2.75, 3.05) is 19.7 Å². The van der Waals surface area contributed by atoms with Crippen LogP contribution in [0.5, 0.6) is 0 Å². The van der Waals surface area contributed by atoms with Gasteiger partial charge in [0, 0.05) is 37.1 Å². The topological polar surface area (TPSA) is 61.9 Å². The number of amides is 2. The molecule has 6 nitrogen and oxygen atoms in total. The van der Waals surface area contributed by atoms with Crippen molar-refractivity contribution < 1.29 is 27.5 Å². The van der Waals surface area contributed by atoms with Crippen LogP contribution in [-0.2, 0) is 9.53 Å². The molecule has 0 bridgehead atoms. The van der Waals surface area contributed by atoms with Gasteiger partial charge in [-0.1, -0.05) is 0 Å². The Kier molecular flexibility index (Phi) is 6.24. The maximum Gasteiger partial charge on any atom is 0.417 e. The van der Waals surface area contributed by atoms with Crippen LogP contribution in [0, 0.1) is 5.92 Å². The molecule has 1 N–H and O–H groups in total. The van der Waals surface area contributed by atoms with Gasteiger partial charge < -0.3 is 15.0 Å². The Labute approximate surface area is 168 Å². The molecule has 2 amide bonds. The molecule has 0 aromatic rings. The molecule has 0 spiro atoms. The van der Waals surface area contributed by atoms with Crippen LogP contribution in [0.15, 0.2) is 36.3 Å². The summed E-state index contributed by atoms with van der Waals surface area (Å²) in [6.07, 6.45) is 5.05. The fourth-order valence-corrected chi connectivity index (χ4v) is 3.77. The zero-order valence-corrected chi connectivity index (χ0v) is 16.4. The van der Waals surface area contributed by atoms with Gasteiger partial charge in [-0.25, -0.2) is 4.79 Å². The van der Waals surface area contributed by atoms with Crippen molar-refractivity contribution in [3.63, 3.8) is 0 Å². The minimum Gasteiger partial charge on any atom is -0.449 e. The summed E-state index contributed by atoms with van der Waals surface area (Å²) in [7, 11) is 0. The van der Waals surface area contributed by atoms with Crippen LogP contribution < -0.4 is 5.32 Å². The van der Waals surface area contributed by atoms with Crippen molar-refractivity contribution in [1.29, 1.82) is 0 Å². The summed E-state index contributed by atoms with van der Waals surface area (Å²) in [6, 6.07) is 0. The number of carbonyl (C=O) groups is 2. The molecule has 3 aliphatic rings. The van der Waals surface area contributed by atoms with Crippen LogP contribution in [0.1, 0.15) is 39.0 Å². The van der Waals surface area contributed by atoms with Gasteiger partial charge in [0.15, 0.2) is 0 Å². The van der Waals surface area contributed by atoms with Crippen LogP contribution in [0.4, 0.5) is 18.0 Å². The molecule has 0 radical (unpaired) electrons. The molecular formula is C20H26F3N3O3. The molecule has 1 aliphatic carbocycles. The highest BCUT2D eigenvalue weighted by Crippen LogP contribution is 2.45. The highest BCUT2D eigenvalue weighted by molar-refractivity contribution is 5.80. The van der Waals surface area contributed by atoms with Crippen LogP contribution in [0.25, 0.3) is 0 Å². The summed E-state index contributed by atoms with van der Waals surface area (Å²) in [5.41, 5.74) is -1.16. The summed E-state index contributed by atoms with van der Waals surface area (Å²) in [6.45, 7) is 3.12. The molecule has 0 aromatic carbocycles. The lowest BCUT2D eigenvalue weighted by atomic mass is 9.75. The highest BCUT2D eigenvalue weighted by Gasteiger charge is 2.59. The van der Waals surface area contributed by atoms with E-state index >= 15 is 0 Å². The molecule has 9 heteroatoms. The average molecular weight is 413 g/mol. The maximum atomic E-state index is 13.3. The van der Waals surface area contributed by atoms with Gasteiger partial charge in [0.1, 0.15) is 5.54 Å². The van der Waals surface area contributed by atoms with Gasteiger partial charge in [0.2, 0.25) is 5.91 Å². The first-order chi connectivity index (χ1) is 13.8. The van der Waals surface area contributed by atoms with Gasteiger partial charge in [-0.3, -0.25) is 9.69 Å². The highest BCUT2D eigenvalue weighted by atomic mass is 19.4. The first kappa shape index (κ1) is 21.3. The quantitative estimate of drug-likeness (QED) is 0.764. The number of carbonyl (C=O) groups excluding carboxylic acids is 2. The summed E-state index contributed by atoms with van der Waals surface area (Å²) in [4.78, 5) is 27.6. The molecule has 3 rings (SSSR count). The lowest BCUT2D eigenvalue weighted by Gasteiger charge is -2.44. The SMILES string of the molecule is CCOC(=O)N1C=CC=C(N2CCC(C(=O)NC3(C(F)(F)F)CCC3)CC2)C=C1. The standard InChI is InChI=1S/C20H26F3N3O3/c1-2-29-18(28)26-11-3-5-16(8-14-26)25-12-6-15(7-13-25)17(27)24-19(9-4-10-19)20(21,22)23/h3,5,8,11,14-15H,2,4,6-7,9-10,12-13H2,1H3,(H,24,27). The Hall–Kier alpha value is -2.45. The Morgan fingerprint density at radius 1 is 1.24 bits per heavy atom. The predicted octanol–water partition coefficient (Wildman–Crippen LogP) is 3.68. The summed E-state index contributed by atoms with van der Waals surface area (Å²) < 4.78 is 44.8. The second kappa shape index (κ2) is 8.51. The normalized spacial score (nSPS) is 21.9. The number of ether oxygens (including phenoxy) is 1. The monoisotopic (exact) mass is 413 g/mol. The first-order valence-electron chi connectivity index (χ1n) is 9.91. The fourth-order valence-electron chi connectivity index (χ4n) is 3.77. The smallest absolute Gasteiger partial charge is 0.417 e. The lowest BCUT2D eigenvalue weighted by Crippen LogP contribution is -2.64. The number of rotatable bonds is 4. The predicted molar refractivity (Wildman–Crippen MR) is 100 cm³/mol. The number of nitrogens with zero attached hydrogens (tertiary/aromatic N) is 2. The maximum absolute atomic E-state index is 13.3. The third kappa shape index (κ3) is 4.59. The Bertz CT molecular complexity index is 718. The summed E-state index contributed by atoms with van der Waals surface area (Å²) in [5.74, 6) is -0.923. The molecule has 0 atom stereocenters. The van der Waals surface area contributed by atoms with Crippen molar-refractivity contribution in [1.82, 2.24) is 15.1 Å². The van der Waals surface area contributed by atoms with Crippen molar-refractivity contribution in [2.24, 2.45) is 5.92 Å². The molecular weight excluding hydrogens is 387 g/mol. The van der Waals surface area contributed by atoms with E-state index in [9.17, 15) is 22.8 Å². The summed E-state index contributed by atoms with van der Waals surface area (Å²) >= 11 is 0. The van der Waals surface area contributed by atoms with Gasteiger partial charge >= 0.3 is 12.3 Å². The molecule has 2 fully saturated rings. The van der Waals surface area contributed by atoms with Crippen molar-refractivity contribution in [3.05, 3.63) is 36.3 Å². The average Bonchev–Trinajstić information content (AvgIpc) is 2.90. The third-order valence-corrected chi connectivity index (χ3v) is 5.74. The molecule has 0 unspecified atom stereocenters. The van der Waals surface area contributed by atoms with E-state index in [0.717, 1.165) is 5.70 Å². The largest absolute Gasteiger partial charge is 0.449 e. The minimum atomic E-state index is -4.41. The molecule has 1 saturated heterocycles. The van der Waals surface area contributed by atoms with Gasteiger partial charge in [0.05, 0.1) is 6.61 Å². The number of piperidine rings is 1. The number of allylic oxidation sites excluding steroid dienone is 3. The Morgan fingerprint density at radius 2 is 1.93 bits per heavy atom. The number of hydrogen-bond acceptors (Lipinski definition) is 4. The number of alkyl halides is 3. The second-order valence-electron chi connectivity index (χ2n) is 7.54. The van der Waals surface area contributed by atoms with Crippen molar-refractivity contribution in [2.45, 2.75) is 50.7 Å². The van der Waals surface area contributed by atoms with E-state index in [1.54, 1.807) is 31.5 Å².